The Balaban J connectivity index is 2.33. The average Bonchev–Trinajstić information content (AvgIpc) is 2.55. The van der Waals surface area contributed by atoms with Crippen LogP contribution in [0.2, 0.25) is 0 Å². The third-order valence-corrected chi connectivity index (χ3v) is 3.90. The Bertz CT molecular complexity index is 688. The summed E-state index contributed by atoms with van der Waals surface area (Å²) in [6.07, 6.45) is 1.48. The number of hydrogen-bond acceptors (Lipinski definition) is 4. The maximum atomic E-state index is 12.4. The lowest BCUT2D eigenvalue weighted by molar-refractivity contribution is -0.607. The van der Waals surface area contributed by atoms with E-state index in [9.17, 15) is 20.1 Å². The number of carbonyl (C=O) groups excluding carboxylic acids is 1. The van der Waals surface area contributed by atoms with Crippen LogP contribution < -0.4 is 4.73 Å². The van der Waals surface area contributed by atoms with Gasteiger partial charge in [0.2, 0.25) is 11.8 Å². The predicted octanol–water partition coefficient (Wildman–Crippen LogP) is 2.73. The van der Waals surface area contributed by atoms with E-state index in [0.29, 0.717) is 11.2 Å². The fourth-order valence-corrected chi connectivity index (χ4v) is 2.71. The van der Waals surface area contributed by atoms with Crippen LogP contribution in [0.1, 0.15) is 41.7 Å². The molecule has 0 unspecified atom stereocenters. The first-order valence-electron chi connectivity index (χ1n) is 7.44. The van der Waals surface area contributed by atoms with Gasteiger partial charge in [-0.3, -0.25) is 14.9 Å². The molecular formula is C17H18N2O4. The van der Waals surface area contributed by atoms with Gasteiger partial charge in [-0.25, -0.2) is 0 Å². The van der Waals surface area contributed by atoms with Gasteiger partial charge < -0.3 is 5.21 Å². The first-order chi connectivity index (χ1) is 11.0. The Morgan fingerprint density at radius 1 is 1.17 bits per heavy atom. The van der Waals surface area contributed by atoms with Crippen LogP contribution in [0.4, 0.5) is 0 Å². The normalized spacial score (nSPS) is 13.3. The summed E-state index contributed by atoms with van der Waals surface area (Å²) in [6.45, 7) is 1.73. The molecule has 1 aromatic heterocycles. The monoisotopic (exact) mass is 314 g/mol. The molecule has 0 radical (unpaired) electrons. The van der Waals surface area contributed by atoms with Crippen LogP contribution >= 0.6 is 0 Å². The minimum atomic E-state index is -0.870. The molecule has 0 bridgehead atoms. The molecule has 0 N–H and O–H groups in total. The van der Waals surface area contributed by atoms with Gasteiger partial charge in [0.25, 0.3) is 5.69 Å². The number of Topliss-reactive ketones (excluding diaryl/α,β-unsaturated/α-hetero) is 1. The van der Waals surface area contributed by atoms with Crippen LogP contribution in [0, 0.1) is 15.3 Å². The quantitative estimate of drug-likeness (QED) is 0.258. The van der Waals surface area contributed by atoms with Crippen molar-refractivity contribution in [2.24, 2.45) is 0 Å². The molecule has 0 saturated heterocycles. The molecule has 6 nitrogen and oxygen atoms in total. The zero-order chi connectivity index (χ0) is 16.8. The average molecular weight is 314 g/mol. The summed E-state index contributed by atoms with van der Waals surface area (Å²) in [6, 6.07) is 12.6. The highest BCUT2D eigenvalue weighted by Gasteiger charge is 2.34. The number of carbonyl (C=O) groups is 1. The summed E-state index contributed by atoms with van der Waals surface area (Å²) in [5.41, 5.74) is 0.740. The third kappa shape index (κ3) is 3.91. The molecule has 0 aliphatic heterocycles. The Morgan fingerprint density at radius 3 is 2.39 bits per heavy atom. The lowest BCUT2D eigenvalue weighted by Gasteiger charge is -2.19. The zero-order valence-corrected chi connectivity index (χ0v) is 12.8. The second kappa shape index (κ2) is 7.49. The van der Waals surface area contributed by atoms with E-state index in [-0.39, 0.29) is 17.0 Å². The molecule has 0 amide bonds. The van der Waals surface area contributed by atoms with Gasteiger partial charge in [-0.2, -0.15) is 4.73 Å². The van der Waals surface area contributed by atoms with E-state index in [1.807, 2.05) is 6.07 Å². The van der Waals surface area contributed by atoms with Gasteiger partial charge in [0, 0.05) is 29.9 Å². The molecule has 6 heteroatoms. The summed E-state index contributed by atoms with van der Waals surface area (Å²) >= 11 is 0. The number of hydrogen-bond donors (Lipinski definition) is 0. The van der Waals surface area contributed by atoms with Gasteiger partial charge in [-0.15, -0.1) is 0 Å². The van der Waals surface area contributed by atoms with Gasteiger partial charge in [0.1, 0.15) is 0 Å². The van der Waals surface area contributed by atoms with Crippen molar-refractivity contribution in [1.82, 2.24) is 0 Å². The van der Waals surface area contributed by atoms with Crippen molar-refractivity contribution >= 4 is 5.78 Å². The zero-order valence-electron chi connectivity index (χ0n) is 12.8. The number of nitrogens with zero attached hydrogens (tertiary/aromatic N) is 2. The third-order valence-electron chi connectivity index (χ3n) is 3.90. The Labute approximate surface area is 134 Å². The summed E-state index contributed by atoms with van der Waals surface area (Å²) in [5.74, 6) is -0.960. The Morgan fingerprint density at radius 2 is 1.83 bits per heavy atom. The van der Waals surface area contributed by atoms with Crippen molar-refractivity contribution < 1.29 is 14.4 Å². The molecule has 0 fully saturated rings. The Hall–Kier alpha value is -2.76. The van der Waals surface area contributed by atoms with E-state index >= 15 is 0 Å². The molecule has 23 heavy (non-hydrogen) atoms. The van der Waals surface area contributed by atoms with E-state index in [2.05, 4.69) is 0 Å². The van der Waals surface area contributed by atoms with Crippen molar-refractivity contribution in [3.63, 3.8) is 0 Å². The summed E-state index contributed by atoms with van der Waals surface area (Å²) < 4.78 is 0.498. The fraction of sp³-hybridized carbons (Fsp3) is 0.294. The van der Waals surface area contributed by atoms with Crippen molar-refractivity contribution in [1.29, 1.82) is 0 Å². The lowest BCUT2D eigenvalue weighted by Crippen LogP contribution is -2.36. The number of aromatic nitrogens is 1. The highest BCUT2D eigenvalue weighted by atomic mass is 16.6. The first kappa shape index (κ1) is 16.6. The van der Waals surface area contributed by atoms with Crippen molar-refractivity contribution in [3.8, 4) is 0 Å². The van der Waals surface area contributed by atoms with E-state index in [1.165, 1.54) is 18.3 Å². The first-order valence-corrected chi connectivity index (χ1v) is 7.44. The van der Waals surface area contributed by atoms with Gasteiger partial charge in [-0.05, 0) is 11.6 Å². The van der Waals surface area contributed by atoms with Crippen molar-refractivity contribution in [2.45, 2.75) is 31.7 Å². The maximum absolute atomic E-state index is 12.4. The molecule has 1 aromatic carbocycles. The summed E-state index contributed by atoms with van der Waals surface area (Å²) in [5, 5.41) is 23.1. The molecule has 120 valence electrons. The van der Waals surface area contributed by atoms with Gasteiger partial charge >= 0.3 is 0 Å². The van der Waals surface area contributed by atoms with E-state index in [0.717, 1.165) is 5.56 Å². The molecule has 0 aliphatic rings. The highest BCUT2D eigenvalue weighted by molar-refractivity contribution is 5.93. The molecule has 2 rings (SSSR count). The fourth-order valence-electron chi connectivity index (χ4n) is 2.71. The number of ketones is 1. The van der Waals surface area contributed by atoms with Gasteiger partial charge in [0.05, 0.1) is 5.92 Å². The van der Waals surface area contributed by atoms with Crippen LogP contribution in [0.25, 0.3) is 0 Å². The minimum absolute atomic E-state index is 0.00614. The smallest absolute Gasteiger partial charge is 0.259 e. The van der Waals surface area contributed by atoms with Crippen molar-refractivity contribution in [2.75, 3.05) is 0 Å². The molecule has 2 aromatic rings. The predicted molar refractivity (Wildman–Crippen MR) is 84.6 cm³/mol. The molecule has 1 heterocycles. The van der Waals surface area contributed by atoms with E-state index in [4.69, 9.17) is 0 Å². The van der Waals surface area contributed by atoms with Crippen LogP contribution in [-0.4, -0.2) is 16.7 Å². The summed E-state index contributed by atoms with van der Waals surface area (Å²) in [7, 11) is 0. The number of rotatable bonds is 7. The molecule has 0 saturated carbocycles. The second-order valence-electron chi connectivity index (χ2n) is 5.32. The van der Waals surface area contributed by atoms with Crippen LogP contribution in [0.15, 0.2) is 54.7 Å². The SMILES string of the molecule is CC[C@H]([C@H](CC(=O)c1cccc[n+]1[O-])c1ccccc1)[N+](=O)[O-]. The minimum Gasteiger partial charge on any atom is -0.618 e. The summed E-state index contributed by atoms with van der Waals surface area (Å²) in [4.78, 5) is 23.5. The largest absolute Gasteiger partial charge is 0.618 e. The number of benzene rings is 1. The number of nitro groups is 1. The lowest BCUT2D eigenvalue weighted by atomic mass is 9.85. The Kier molecular flexibility index (Phi) is 5.41. The van der Waals surface area contributed by atoms with Gasteiger partial charge in [-0.1, -0.05) is 37.3 Å². The topological polar surface area (TPSA) is 87.2 Å². The van der Waals surface area contributed by atoms with E-state index < -0.39 is 17.7 Å². The molecular weight excluding hydrogens is 296 g/mol. The molecule has 2 atom stereocenters. The van der Waals surface area contributed by atoms with E-state index in [1.54, 1.807) is 37.3 Å². The van der Waals surface area contributed by atoms with Crippen LogP contribution in [-0.2, 0) is 0 Å². The van der Waals surface area contributed by atoms with Gasteiger partial charge in [0.15, 0.2) is 6.20 Å². The standard InChI is InChI=1S/C17H18N2O4/c1-2-15(19(22)23)14(13-8-4-3-5-9-13)12-17(20)16-10-6-7-11-18(16)21/h3-11,14-15H,2,12H2,1H3/t14-,15-/m1/s1. The highest BCUT2D eigenvalue weighted by Crippen LogP contribution is 2.28. The maximum Gasteiger partial charge on any atom is 0.259 e. The van der Waals surface area contributed by atoms with Crippen molar-refractivity contribution in [3.05, 3.63) is 81.3 Å². The molecule has 0 spiro atoms. The number of pyridine rings is 1. The van der Waals surface area contributed by atoms with Crippen LogP contribution in [0.3, 0.4) is 0 Å². The second-order valence-corrected chi connectivity index (χ2v) is 5.32. The molecule has 0 aliphatic carbocycles. The van der Waals surface area contributed by atoms with Crippen LogP contribution in [0.5, 0.6) is 0 Å².